The maximum Gasteiger partial charge on any atom is 0.614 e. The second-order valence-electron chi connectivity index (χ2n) is 2.72. The van der Waals surface area contributed by atoms with Gasteiger partial charge in [-0.3, -0.25) is 14.1 Å². The third kappa shape index (κ3) is 38.8. The van der Waals surface area contributed by atoms with Gasteiger partial charge in [-0.15, -0.1) is 0 Å². The number of Topliss-reactive ketones (excluding diaryl/α,β-unsaturated/α-hetero) is 1. The number of rotatable bonds is 6. The molecule has 0 aliphatic heterocycles. The molecule has 0 aromatic rings. The van der Waals surface area contributed by atoms with Gasteiger partial charge in [0.2, 0.25) is 0 Å². The SMILES string of the molecule is C=C(O[P+](O)(O)O)C(=O)O.CC.O.O=C(O)CC(=O)C(=O)O.O=C=O. The summed E-state index contributed by atoms with van der Waals surface area (Å²) in [4.78, 5) is 79.6. The first-order valence-electron chi connectivity index (χ1n) is 5.44. The smallest absolute Gasteiger partial charge is 0.481 e. The maximum absolute atomic E-state index is 9.97. The number of carboxylic acid groups (broad SMARTS) is 3. The molecule has 0 unspecified atom stereocenters. The lowest BCUT2D eigenvalue weighted by atomic mass is 10.3. The topological polar surface area (TPSA) is 265 Å². The molecule has 8 N–H and O–H groups in total. The van der Waals surface area contributed by atoms with E-state index < -0.39 is 44.0 Å². The third-order valence-electron chi connectivity index (χ3n) is 1.02. The fourth-order valence-electron chi connectivity index (χ4n) is 0.400. The molecule has 0 aliphatic carbocycles. The van der Waals surface area contributed by atoms with Gasteiger partial charge in [0.25, 0.3) is 11.5 Å². The summed E-state index contributed by atoms with van der Waals surface area (Å²) in [7, 11) is -4.51. The Labute approximate surface area is 140 Å². The Morgan fingerprint density at radius 3 is 1.36 bits per heavy atom. The largest absolute Gasteiger partial charge is 0.614 e. The van der Waals surface area contributed by atoms with Gasteiger partial charge in [-0.25, -0.2) is 9.59 Å². The maximum atomic E-state index is 9.97. The number of carboxylic acids is 3. The van der Waals surface area contributed by atoms with Crippen LogP contribution >= 0.6 is 8.17 Å². The zero-order valence-corrected chi connectivity index (χ0v) is 13.8. The van der Waals surface area contributed by atoms with E-state index >= 15 is 0 Å². The van der Waals surface area contributed by atoms with Crippen molar-refractivity contribution >= 4 is 38.0 Å². The standard InChI is InChI=1S/C4H4O5.C3H5O6P.C2H6.CO2.H2O/c5-2(4(8)9)1-3(6)7;1-2(3(4)5)9-10(6,7)8;1-2;2-1-3;/h1H2,(H,6,7)(H,8,9);6-8H,1H2;1-2H3;;1H2/p+1. The van der Waals surface area contributed by atoms with E-state index in [4.69, 9.17) is 39.6 Å². The molecule has 0 rings (SSSR count). The Kier molecular flexibility index (Phi) is 26.1. The van der Waals surface area contributed by atoms with Crippen LogP contribution in [0, 0.1) is 0 Å². The van der Waals surface area contributed by atoms with Crippen LogP contribution in [-0.4, -0.2) is 65.3 Å². The fourth-order valence-corrected chi connectivity index (χ4v) is 0.774. The van der Waals surface area contributed by atoms with Crippen LogP contribution in [0.1, 0.15) is 20.3 Å². The Hall–Kier alpha value is -2.73. The van der Waals surface area contributed by atoms with Gasteiger partial charge in [0.1, 0.15) is 6.42 Å². The molecule has 0 heterocycles. The molecule has 0 aromatic carbocycles. The predicted molar refractivity (Wildman–Crippen MR) is 76.3 cm³/mol. The highest BCUT2D eigenvalue weighted by Gasteiger charge is 2.37. The number of aliphatic carboxylic acids is 3. The van der Waals surface area contributed by atoms with Crippen molar-refractivity contribution in [3.63, 3.8) is 0 Å². The first-order valence-corrected chi connectivity index (χ1v) is 7.01. The van der Waals surface area contributed by atoms with Gasteiger partial charge in [0.15, 0.2) is 0 Å². The Morgan fingerprint density at radius 1 is 0.960 bits per heavy atom. The summed E-state index contributed by atoms with van der Waals surface area (Å²) in [5.74, 6) is -6.93. The van der Waals surface area contributed by atoms with Crippen molar-refractivity contribution in [2.45, 2.75) is 20.3 Å². The predicted octanol–water partition coefficient (Wildman–Crippen LogP) is -2.01. The molecule has 0 aliphatic rings. The van der Waals surface area contributed by atoms with Crippen LogP contribution in [0.2, 0.25) is 0 Å². The van der Waals surface area contributed by atoms with Crippen molar-refractivity contribution in [2.75, 3.05) is 0 Å². The molecule has 15 heteroatoms. The highest BCUT2D eigenvalue weighted by molar-refractivity contribution is 7.53. The average Bonchev–Trinajstić information content (AvgIpc) is 2.39. The lowest BCUT2D eigenvalue weighted by Gasteiger charge is -2.01. The summed E-state index contributed by atoms with van der Waals surface area (Å²) in [6.45, 7) is 6.77. The van der Waals surface area contributed by atoms with Crippen LogP contribution in [0.4, 0.5) is 0 Å². The number of carbonyl (C=O) groups excluding carboxylic acids is 3. The summed E-state index contributed by atoms with van der Waals surface area (Å²) >= 11 is 0. The van der Waals surface area contributed by atoms with Crippen molar-refractivity contribution in [3.8, 4) is 0 Å². The van der Waals surface area contributed by atoms with Crippen LogP contribution in [0.3, 0.4) is 0 Å². The van der Waals surface area contributed by atoms with Crippen molar-refractivity contribution in [2.24, 2.45) is 0 Å². The minimum atomic E-state index is -4.51. The van der Waals surface area contributed by atoms with Gasteiger partial charge in [-0.2, -0.15) is 24.3 Å². The van der Waals surface area contributed by atoms with Crippen molar-refractivity contribution < 1.29 is 68.8 Å². The van der Waals surface area contributed by atoms with Gasteiger partial charge < -0.3 is 20.8 Å². The minimum absolute atomic E-state index is 0. The Bertz CT molecular complexity index is 470. The fraction of sp³-hybridized carbons (Fsp3) is 0.300. The highest BCUT2D eigenvalue weighted by Crippen LogP contribution is 2.47. The van der Waals surface area contributed by atoms with Crippen molar-refractivity contribution in [3.05, 3.63) is 12.3 Å². The third-order valence-corrected chi connectivity index (χ3v) is 1.49. The zero-order valence-electron chi connectivity index (χ0n) is 12.9. The summed E-state index contributed by atoms with van der Waals surface area (Å²) in [6.07, 6.45) is -0.699. The Morgan fingerprint density at radius 2 is 1.28 bits per heavy atom. The molecule has 146 valence electrons. The summed E-state index contributed by atoms with van der Waals surface area (Å²) in [5, 5.41) is 23.7. The monoisotopic (exact) mass is 393 g/mol. The molecular formula is C10H18O14P+. The van der Waals surface area contributed by atoms with Gasteiger partial charge in [0.05, 0.1) is 0 Å². The molecule has 0 saturated carbocycles. The van der Waals surface area contributed by atoms with Gasteiger partial charge in [-0.1, -0.05) is 13.8 Å². The zero-order chi connectivity index (χ0) is 20.5. The molecule has 0 spiro atoms. The van der Waals surface area contributed by atoms with Crippen LogP contribution in [0.5, 0.6) is 0 Å². The summed E-state index contributed by atoms with van der Waals surface area (Å²) < 4.78 is 3.68. The van der Waals surface area contributed by atoms with E-state index in [0.717, 1.165) is 0 Å². The minimum Gasteiger partial charge on any atom is -0.481 e. The van der Waals surface area contributed by atoms with E-state index in [9.17, 15) is 19.2 Å². The van der Waals surface area contributed by atoms with Gasteiger partial charge in [0, 0.05) is 0 Å². The molecule has 0 atom stereocenters. The lowest BCUT2D eigenvalue weighted by Crippen LogP contribution is -2.16. The molecule has 0 fully saturated rings. The van der Waals surface area contributed by atoms with E-state index in [1.54, 1.807) is 0 Å². The molecule has 0 radical (unpaired) electrons. The van der Waals surface area contributed by atoms with E-state index in [1.807, 2.05) is 13.8 Å². The normalized spacial score (nSPS) is 7.88. The molecule has 0 saturated heterocycles. The number of hydrogen-bond acceptors (Lipinski definition) is 10. The lowest BCUT2D eigenvalue weighted by molar-refractivity contribution is -0.191. The van der Waals surface area contributed by atoms with Crippen LogP contribution in [0.15, 0.2) is 12.3 Å². The van der Waals surface area contributed by atoms with E-state index in [0.29, 0.717) is 0 Å². The van der Waals surface area contributed by atoms with Crippen molar-refractivity contribution in [1.82, 2.24) is 0 Å². The highest BCUT2D eigenvalue weighted by atomic mass is 31.2. The second-order valence-corrected chi connectivity index (χ2v) is 3.92. The molecule has 25 heavy (non-hydrogen) atoms. The molecule has 0 aromatic heterocycles. The number of ketones is 1. The molecular weight excluding hydrogens is 375 g/mol. The Balaban J connectivity index is -0.0000000823. The van der Waals surface area contributed by atoms with Crippen molar-refractivity contribution in [1.29, 1.82) is 0 Å². The van der Waals surface area contributed by atoms with Gasteiger partial charge >= 0.3 is 32.2 Å². The van der Waals surface area contributed by atoms with E-state index in [1.165, 1.54) is 0 Å². The van der Waals surface area contributed by atoms with Crippen LogP contribution < -0.4 is 0 Å². The van der Waals surface area contributed by atoms with E-state index in [-0.39, 0.29) is 11.6 Å². The van der Waals surface area contributed by atoms with E-state index in [2.05, 4.69) is 11.1 Å². The van der Waals surface area contributed by atoms with Crippen LogP contribution in [0.25, 0.3) is 0 Å². The molecule has 0 amide bonds. The quantitative estimate of drug-likeness (QED) is 0.0937. The molecule has 0 bridgehead atoms. The number of hydrogen-bond donors (Lipinski definition) is 6. The first kappa shape index (κ1) is 33.8. The molecule has 14 nitrogen and oxygen atoms in total. The van der Waals surface area contributed by atoms with Crippen LogP contribution in [-0.2, 0) is 33.3 Å². The average molecular weight is 393 g/mol. The number of carbonyl (C=O) groups is 4. The summed E-state index contributed by atoms with van der Waals surface area (Å²) in [5.41, 5.74) is 0. The first-order chi connectivity index (χ1) is 10.8. The van der Waals surface area contributed by atoms with Gasteiger partial charge in [-0.05, 0) is 6.58 Å². The second kappa shape index (κ2) is 19.3. The summed E-state index contributed by atoms with van der Waals surface area (Å²) in [6, 6.07) is 0.